The second-order valence-electron chi connectivity index (χ2n) is 7.98. The van der Waals surface area contributed by atoms with Gasteiger partial charge in [0.2, 0.25) is 5.91 Å². The van der Waals surface area contributed by atoms with E-state index < -0.39 is 0 Å². The number of H-pyrrole nitrogens is 2. The Morgan fingerprint density at radius 2 is 1.82 bits per heavy atom. The molecule has 8 heteroatoms. The van der Waals surface area contributed by atoms with Crippen molar-refractivity contribution in [2.45, 2.75) is 6.42 Å². The van der Waals surface area contributed by atoms with Crippen LogP contribution in [-0.2, 0) is 11.2 Å². The highest BCUT2D eigenvalue weighted by atomic mass is 16.1. The topological polar surface area (TPSA) is 112 Å². The van der Waals surface area contributed by atoms with Gasteiger partial charge in [-0.05, 0) is 35.9 Å². The number of rotatable bonds is 5. The SMILES string of the molecule is O=C(Cc1ccccc1)Nc1cncc(-c2ccc3[nH]nc(-c4cc5ccncc5[nH]4)c3n2)c1. The van der Waals surface area contributed by atoms with Crippen molar-refractivity contribution in [2.75, 3.05) is 5.32 Å². The smallest absolute Gasteiger partial charge is 0.228 e. The molecule has 0 bridgehead atoms. The fraction of sp³-hybridized carbons (Fsp3) is 0.0385. The standard InChI is InChI=1S/C26H19N7O/c34-24(10-16-4-2-1-3-5-16)29-19-11-18(13-28-14-19)20-6-7-21-25(31-20)26(33-32-21)22-12-17-8-9-27-15-23(17)30-22/h1-9,11-15,30H,10H2,(H,29,34)(H,32,33). The third-order valence-electron chi connectivity index (χ3n) is 5.61. The van der Waals surface area contributed by atoms with Crippen molar-refractivity contribution >= 4 is 33.5 Å². The minimum absolute atomic E-state index is 0.0982. The van der Waals surface area contributed by atoms with E-state index in [0.29, 0.717) is 12.1 Å². The van der Waals surface area contributed by atoms with Gasteiger partial charge in [-0.1, -0.05) is 30.3 Å². The zero-order valence-corrected chi connectivity index (χ0v) is 18.0. The molecule has 0 unspecified atom stereocenters. The second-order valence-corrected chi connectivity index (χ2v) is 7.98. The lowest BCUT2D eigenvalue weighted by molar-refractivity contribution is -0.115. The molecule has 1 amide bonds. The molecule has 0 radical (unpaired) electrons. The lowest BCUT2D eigenvalue weighted by Crippen LogP contribution is -2.14. The van der Waals surface area contributed by atoms with Crippen molar-refractivity contribution in [3.8, 4) is 22.6 Å². The first-order chi connectivity index (χ1) is 16.7. The van der Waals surface area contributed by atoms with E-state index in [1.165, 1.54) is 0 Å². The quantitative estimate of drug-likeness (QED) is 0.355. The molecule has 5 aromatic heterocycles. The maximum atomic E-state index is 12.5. The molecule has 0 saturated heterocycles. The van der Waals surface area contributed by atoms with Crippen LogP contribution < -0.4 is 5.32 Å². The zero-order chi connectivity index (χ0) is 22.9. The summed E-state index contributed by atoms with van der Waals surface area (Å²) in [6.07, 6.45) is 7.21. The molecular weight excluding hydrogens is 426 g/mol. The summed E-state index contributed by atoms with van der Waals surface area (Å²) in [6.45, 7) is 0. The number of hydrogen-bond acceptors (Lipinski definition) is 5. The van der Waals surface area contributed by atoms with Crippen molar-refractivity contribution in [2.24, 2.45) is 0 Å². The third-order valence-corrected chi connectivity index (χ3v) is 5.61. The van der Waals surface area contributed by atoms with Gasteiger partial charge in [0.15, 0.2) is 0 Å². The molecule has 6 aromatic rings. The monoisotopic (exact) mass is 445 g/mol. The van der Waals surface area contributed by atoms with Crippen LogP contribution in [0.1, 0.15) is 5.56 Å². The van der Waals surface area contributed by atoms with Crippen LogP contribution in [0.3, 0.4) is 0 Å². The van der Waals surface area contributed by atoms with E-state index in [0.717, 1.165) is 50.1 Å². The van der Waals surface area contributed by atoms with E-state index in [1.807, 2.05) is 60.7 Å². The molecule has 0 saturated carbocycles. The number of aromatic amines is 2. The van der Waals surface area contributed by atoms with Crippen LogP contribution >= 0.6 is 0 Å². The molecule has 8 nitrogen and oxygen atoms in total. The third kappa shape index (κ3) is 3.77. The van der Waals surface area contributed by atoms with Gasteiger partial charge in [0.1, 0.15) is 11.2 Å². The predicted molar refractivity (Wildman–Crippen MR) is 131 cm³/mol. The summed E-state index contributed by atoms with van der Waals surface area (Å²) in [5.41, 5.74) is 7.21. The summed E-state index contributed by atoms with van der Waals surface area (Å²) in [5, 5.41) is 11.5. The molecule has 34 heavy (non-hydrogen) atoms. The largest absolute Gasteiger partial charge is 0.352 e. The molecule has 164 valence electrons. The highest BCUT2D eigenvalue weighted by molar-refractivity contribution is 5.95. The molecule has 1 aromatic carbocycles. The Balaban J connectivity index is 1.30. The number of nitrogens with zero attached hydrogens (tertiary/aromatic N) is 4. The van der Waals surface area contributed by atoms with Crippen molar-refractivity contribution < 1.29 is 4.79 Å². The van der Waals surface area contributed by atoms with Crippen LogP contribution in [0.2, 0.25) is 0 Å². The Hall–Kier alpha value is -4.85. The summed E-state index contributed by atoms with van der Waals surface area (Å²) < 4.78 is 0. The van der Waals surface area contributed by atoms with Gasteiger partial charge in [0, 0.05) is 23.3 Å². The first kappa shape index (κ1) is 19.8. The Morgan fingerprint density at radius 1 is 0.912 bits per heavy atom. The number of anilines is 1. The number of fused-ring (bicyclic) bond motifs is 2. The van der Waals surface area contributed by atoms with Crippen molar-refractivity contribution in [3.05, 3.63) is 91.0 Å². The Bertz CT molecular complexity index is 1600. The van der Waals surface area contributed by atoms with Crippen molar-refractivity contribution in [1.82, 2.24) is 30.1 Å². The second kappa shape index (κ2) is 8.25. The van der Waals surface area contributed by atoms with Gasteiger partial charge in [-0.25, -0.2) is 4.98 Å². The minimum atomic E-state index is -0.0982. The molecule has 0 aliphatic rings. The summed E-state index contributed by atoms with van der Waals surface area (Å²) in [4.78, 5) is 29.2. The molecule has 0 aliphatic heterocycles. The predicted octanol–water partition coefficient (Wildman–Crippen LogP) is 4.74. The maximum absolute atomic E-state index is 12.5. The van der Waals surface area contributed by atoms with Gasteiger partial charge < -0.3 is 10.3 Å². The van der Waals surface area contributed by atoms with Crippen LogP contribution in [0.15, 0.2) is 85.5 Å². The highest BCUT2D eigenvalue weighted by Gasteiger charge is 2.14. The number of pyridine rings is 3. The van der Waals surface area contributed by atoms with Gasteiger partial charge in [-0.15, -0.1) is 0 Å². The number of hydrogen-bond donors (Lipinski definition) is 3. The van der Waals surface area contributed by atoms with Gasteiger partial charge >= 0.3 is 0 Å². The summed E-state index contributed by atoms with van der Waals surface area (Å²) in [6, 6.07) is 19.3. The van der Waals surface area contributed by atoms with Crippen LogP contribution in [0.25, 0.3) is 44.6 Å². The number of nitrogens with one attached hydrogen (secondary N) is 3. The van der Waals surface area contributed by atoms with E-state index in [4.69, 9.17) is 4.98 Å². The van der Waals surface area contributed by atoms with E-state index >= 15 is 0 Å². The zero-order valence-electron chi connectivity index (χ0n) is 18.0. The van der Waals surface area contributed by atoms with Crippen molar-refractivity contribution in [1.29, 1.82) is 0 Å². The molecule has 0 fully saturated rings. The molecular formula is C26H19N7O. The Morgan fingerprint density at radius 3 is 2.71 bits per heavy atom. The lowest BCUT2D eigenvalue weighted by Gasteiger charge is -2.07. The molecule has 3 N–H and O–H groups in total. The number of carbonyl (C=O) groups is 1. The summed E-state index contributed by atoms with van der Waals surface area (Å²) >= 11 is 0. The minimum Gasteiger partial charge on any atom is -0.352 e. The summed E-state index contributed by atoms with van der Waals surface area (Å²) in [7, 11) is 0. The van der Waals surface area contributed by atoms with E-state index in [1.54, 1.807) is 24.8 Å². The number of carbonyl (C=O) groups excluding carboxylic acids is 1. The fourth-order valence-electron chi connectivity index (χ4n) is 3.98. The van der Waals surface area contributed by atoms with E-state index in [-0.39, 0.29) is 5.91 Å². The maximum Gasteiger partial charge on any atom is 0.228 e. The number of amides is 1. The average molecular weight is 445 g/mol. The Kier molecular flexibility index (Phi) is 4.81. The van der Waals surface area contributed by atoms with Crippen molar-refractivity contribution in [3.63, 3.8) is 0 Å². The molecule has 0 spiro atoms. The van der Waals surface area contributed by atoms with E-state index in [2.05, 4.69) is 30.5 Å². The highest BCUT2D eigenvalue weighted by Crippen LogP contribution is 2.29. The number of benzene rings is 1. The van der Waals surface area contributed by atoms with Gasteiger partial charge in [0.25, 0.3) is 0 Å². The van der Waals surface area contributed by atoms with Crippen LogP contribution in [-0.4, -0.2) is 36.0 Å². The van der Waals surface area contributed by atoms with Crippen LogP contribution in [0.4, 0.5) is 5.69 Å². The lowest BCUT2D eigenvalue weighted by atomic mass is 10.1. The molecule has 5 heterocycles. The molecule has 0 aliphatic carbocycles. The average Bonchev–Trinajstić information content (AvgIpc) is 3.48. The summed E-state index contributed by atoms with van der Waals surface area (Å²) in [5.74, 6) is -0.0982. The molecule has 6 rings (SSSR count). The normalized spacial score (nSPS) is 11.2. The Labute approximate surface area is 194 Å². The first-order valence-electron chi connectivity index (χ1n) is 10.8. The van der Waals surface area contributed by atoms with Crippen LogP contribution in [0, 0.1) is 0 Å². The molecule has 0 atom stereocenters. The van der Waals surface area contributed by atoms with Gasteiger partial charge in [-0.2, -0.15) is 5.10 Å². The van der Waals surface area contributed by atoms with E-state index in [9.17, 15) is 4.79 Å². The number of aromatic nitrogens is 6. The van der Waals surface area contributed by atoms with Crippen LogP contribution in [0.5, 0.6) is 0 Å². The fourth-order valence-corrected chi connectivity index (χ4v) is 3.98. The first-order valence-corrected chi connectivity index (χ1v) is 10.8. The van der Waals surface area contributed by atoms with Gasteiger partial charge in [0.05, 0.1) is 46.9 Å². The van der Waals surface area contributed by atoms with Gasteiger partial charge in [-0.3, -0.25) is 19.9 Å².